The molecule has 5 N–H and O–H groups in total. The molecule has 0 aromatic carbocycles. The maximum Gasteiger partial charge on any atom is 0.161 e. The predicted octanol–water partition coefficient (Wildman–Crippen LogP) is 2.04. The molecule has 8 heteroatoms. The molecule has 5 aliphatic rings. The Balaban J connectivity index is 1.33. The quantitative estimate of drug-likeness (QED) is 0.356. The van der Waals surface area contributed by atoms with Gasteiger partial charge in [-0.15, -0.1) is 0 Å². The Morgan fingerprint density at radius 2 is 1.83 bits per heavy atom. The summed E-state index contributed by atoms with van der Waals surface area (Å²) in [6.07, 6.45) is 4.63. The number of methoxy groups -OCH3 is 1. The molecule has 0 amide bonds. The first kappa shape index (κ1) is 27.0. The third kappa shape index (κ3) is 3.78. The van der Waals surface area contributed by atoms with Crippen LogP contribution < -0.4 is 0 Å². The van der Waals surface area contributed by atoms with Crippen LogP contribution in [0.4, 0.5) is 0 Å². The molecule has 3 saturated carbocycles. The van der Waals surface area contributed by atoms with Gasteiger partial charge in [-0.05, 0) is 75.5 Å². The number of hydrogen-bond acceptors (Lipinski definition) is 8. The first-order valence-electron chi connectivity index (χ1n) is 13.9. The highest BCUT2D eigenvalue weighted by Gasteiger charge is 2.72. The van der Waals surface area contributed by atoms with Gasteiger partial charge in [0.1, 0.15) is 17.8 Å². The van der Waals surface area contributed by atoms with Crippen LogP contribution in [0.25, 0.3) is 0 Å². The van der Waals surface area contributed by atoms with Crippen molar-refractivity contribution in [3.63, 3.8) is 0 Å². The molecule has 8 nitrogen and oxygen atoms in total. The summed E-state index contributed by atoms with van der Waals surface area (Å²) in [5, 5.41) is 54.8. The van der Waals surface area contributed by atoms with E-state index in [-0.39, 0.29) is 30.5 Å². The van der Waals surface area contributed by atoms with Crippen molar-refractivity contribution >= 4 is 0 Å². The monoisotopic (exact) mass is 510 g/mol. The smallest absolute Gasteiger partial charge is 0.161 e. The molecule has 12 atom stereocenters. The van der Waals surface area contributed by atoms with Crippen LogP contribution in [0.3, 0.4) is 0 Å². The van der Waals surface area contributed by atoms with Gasteiger partial charge < -0.3 is 39.7 Å². The zero-order valence-corrected chi connectivity index (χ0v) is 22.2. The summed E-state index contributed by atoms with van der Waals surface area (Å²) in [6, 6.07) is 0. The van der Waals surface area contributed by atoms with E-state index in [1.54, 1.807) is 6.92 Å². The summed E-state index contributed by atoms with van der Waals surface area (Å²) >= 11 is 0. The van der Waals surface area contributed by atoms with Gasteiger partial charge in [0.15, 0.2) is 6.29 Å². The van der Waals surface area contributed by atoms with E-state index >= 15 is 0 Å². The summed E-state index contributed by atoms with van der Waals surface area (Å²) < 4.78 is 17.3. The summed E-state index contributed by atoms with van der Waals surface area (Å²) in [5.41, 5.74) is -1.86. The standard InChI is InChI=1S/C28H46O8/c1-16-24(31)21(29)14-23(35-16)36-18-7-9-25(2)17(13-18)5-6-20-19(25)8-10-26(3)27(20,32)11-12-28(26,33)22(30)15-34-4/h5,16,18-24,29-33H,6-15H2,1-4H3/t16-,18+,19+,20-,21+,22+,23+,24-,25+,26+,27+,28-/m1/s1. The van der Waals surface area contributed by atoms with Crippen molar-refractivity contribution in [3.05, 3.63) is 11.6 Å². The van der Waals surface area contributed by atoms with Gasteiger partial charge in [0.05, 0.1) is 30.5 Å². The van der Waals surface area contributed by atoms with Gasteiger partial charge in [0.25, 0.3) is 0 Å². The Morgan fingerprint density at radius 3 is 2.53 bits per heavy atom. The second kappa shape index (κ2) is 9.26. The predicted molar refractivity (Wildman–Crippen MR) is 132 cm³/mol. The van der Waals surface area contributed by atoms with Gasteiger partial charge in [-0.2, -0.15) is 0 Å². The number of rotatable bonds is 5. The van der Waals surface area contributed by atoms with Gasteiger partial charge in [0, 0.05) is 18.9 Å². The topological polar surface area (TPSA) is 129 Å². The lowest BCUT2D eigenvalue weighted by molar-refractivity contribution is -0.264. The van der Waals surface area contributed by atoms with Gasteiger partial charge in [0.2, 0.25) is 0 Å². The number of allylic oxidation sites excluding steroid dienone is 1. The molecule has 5 rings (SSSR count). The van der Waals surface area contributed by atoms with E-state index in [9.17, 15) is 25.5 Å². The van der Waals surface area contributed by atoms with Crippen LogP contribution in [0.15, 0.2) is 11.6 Å². The van der Waals surface area contributed by atoms with Crippen molar-refractivity contribution < 1.29 is 39.7 Å². The van der Waals surface area contributed by atoms with E-state index in [4.69, 9.17) is 14.2 Å². The van der Waals surface area contributed by atoms with E-state index < -0.39 is 47.3 Å². The highest BCUT2D eigenvalue weighted by molar-refractivity contribution is 5.30. The minimum Gasteiger partial charge on any atom is -0.390 e. The lowest BCUT2D eigenvalue weighted by atomic mass is 9.45. The molecule has 0 spiro atoms. The van der Waals surface area contributed by atoms with Crippen LogP contribution in [0, 0.1) is 22.7 Å². The molecule has 0 radical (unpaired) electrons. The average Bonchev–Trinajstić information content (AvgIpc) is 3.05. The number of ether oxygens (including phenoxy) is 3. The molecule has 0 unspecified atom stereocenters. The maximum atomic E-state index is 12.2. The zero-order valence-electron chi connectivity index (χ0n) is 22.2. The van der Waals surface area contributed by atoms with Crippen LogP contribution >= 0.6 is 0 Å². The minimum atomic E-state index is -1.37. The molecule has 206 valence electrons. The van der Waals surface area contributed by atoms with E-state index in [1.807, 2.05) is 6.92 Å². The van der Waals surface area contributed by atoms with E-state index in [2.05, 4.69) is 13.0 Å². The second-order valence-electron chi connectivity index (χ2n) is 12.9. The number of aliphatic hydroxyl groups is 5. The van der Waals surface area contributed by atoms with Gasteiger partial charge in [-0.3, -0.25) is 0 Å². The van der Waals surface area contributed by atoms with Crippen molar-refractivity contribution in [1.82, 2.24) is 0 Å². The summed E-state index contributed by atoms with van der Waals surface area (Å²) in [4.78, 5) is 0. The first-order chi connectivity index (χ1) is 16.9. The fourth-order valence-electron chi connectivity index (χ4n) is 8.92. The lowest BCUT2D eigenvalue weighted by Crippen LogP contribution is -2.66. The Labute approximate surface area is 214 Å². The molecular weight excluding hydrogens is 464 g/mol. The van der Waals surface area contributed by atoms with Crippen LogP contribution in [0.2, 0.25) is 0 Å². The highest BCUT2D eigenvalue weighted by Crippen LogP contribution is 2.69. The van der Waals surface area contributed by atoms with Crippen molar-refractivity contribution in [2.24, 2.45) is 22.7 Å². The molecule has 4 aliphatic carbocycles. The third-order valence-corrected chi connectivity index (χ3v) is 11.4. The Morgan fingerprint density at radius 1 is 1.08 bits per heavy atom. The maximum absolute atomic E-state index is 12.2. The average molecular weight is 511 g/mol. The highest BCUT2D eigenvalue weighted by atomic mass is 16.7. The van der Waals surface area contributed by atoms with Gasteiger partial charge >= 0.3 is 0 Å². The van der Waals surface area contributed by atoms with Crippen molar-refractivity contribution in [2.75, 3.05) is 13.7 Å². The molecule has 4 fully saturated rings. The van der Waals surface area contributed by atoms with E-state index in [0.717, 1.165) is 32.1 Å². The summed E-state index contributed by atoms with van der Waals surface area (Å²) in [5.74, 6) is 0.340. The van der Waals surface area contributed by atoms with Crippen LogP contribution in [-0.4, -0.2) is 87.3 Å². The molecule has 1 heterocycles. The van der Waals surface area contributed by atoms with Crippen molar-refractivity contribution in [3.8, 4) is 0 Å². The normalized spacial score (nSPS) is 53.7. The van der Waals surface area contributed by atoms with E-state index in [0.29, 0.717) is 25.2 Å². The largest absolute Gasteiger partial charge is 0.390 e. The van der Waals surface area contributed by atoms with Crippen LogP contribution in [-0.2, 0) is 14.2 Å². The molecule has 0 aromatic heterocycles. The summed E-state index contributed by atoms with van der Waals surface area (Å²) in [7, 11) is 1.52. The molecular formula is C28H46O8. The van der Waals surface area contributed by atoms with E-state index in [1.165, 1.54) is 12.7 Å². The van der Waals surface area contributed by atoms with Gasteiger partial charge in [-0.1, -0.05) is 25.5 Å². The first-order valence-corrected chi connectivity index (χ1v) is 13.9. The Kier molecular flexibility index (Phi) is 6.95. The second-order valence-corrected chi connectivity index (χ2v) is 12.9. The van der Waals surface area contributed by atoms with Crippen molar-refractivity contribution in [2.45, 2.75) is 127 Å². The van der Waals surface area contributed by atoms with Crippen LogP contribution in [0.1, 0.15) is 78.6 Å². The fourth-order valence-corrected chi connectivity index (χ4v) is 8.92. The zero-order chi connectivity index (χ0) is 26.1. The SMILES string of the molecule is COC[C@H](O)[C@]1(O)CC[C@]2(O)[C@@H]3CC=C4C[C@@H](O[C@H]5C[C@H](O)[C@H](O)[C@@H](C)O5)CC[C@]4(C)[C@H]3CC[C@]12C. The molecule has 0 aromatic rings. The molecule has 1 aliphatic heterocycles. The molecule has 36 heavy (non-hydrogen) atoms. The molecule has 0 bridgehead atoms. The molecule has 1 saturated heterocycles. The lowest BCUT2D eigenvalue weighted by Gasteiger charge is -2.62. The number of fused-ring (bicyclic) bond motifs is 5. The Bertz CT molecular complexity index is 852. The fraction of sp³-hybridized carbons (Fsp3) is 0.929. The van der Waals surface area contributed by atoms with Crippen LogP contribution in [0.5, 0.6) is 0 Å². The number of hydrogen-bond donors (Lipinski definition) is 5. The Hall–Kier alpha value is -0.580. The minimum absolute atomic E-state index is 0.00164. The van der Waals surface area contributed by atoms with Gasteiger partial charge in [-0.25, -0.2) is 0 Å². The third-order valence-electron chi connectivity index (χ3n) is 11.4. The summed E-state index contributed by atoms with van der Waals surface area (Å²) in [6.45, 7) is 6.11. The number of aliphatic hydroxyl groups excluding tert-OH is 3. The van der Waals surface area contributed by atoms with Crippen molar-refractivity contribution in [1.29, 1.82) is 0 Å².